The van der Waals surface area contributed by atoms with Crippen LogP contribution in [0.3, 0.4) is 0 Å². The minimum Gasteiger partial charge on any atom is -0.480 e. The second-order valence-corrected chi connectivity index (χ2v) is 6.82. The molecule has 144 valence electrons. The predicted octanol–water partition coefficient (Wildman–Crippen LogP) is -0.957. The molecule has 0 aliphatic carbocycles. The van der Waals surface area contributed by atoms with Gasteiger partial charge in [0.1, 0.15) is 12.1 Å². The van der Waals surface area contributed by atoms with Crippen molar-refractivity contribution in [3.8, 4) is 0 Å². The first-order chi connectivity index (χ1) is 11.6. The molecule has 9 nitrogen and oxygen atoms in total. The standard InChI is InChI=1S/C15H28N4O5S/c1-4-8(2)12(15(23)24)19-14(22)10(7-11(17)20)18-13(21)9(16)5-6-25-3/h8-10,12H,4-7,16H2,1-3H3,(H2,17,20)(H,18,21)(H,19,22)(H,23,24)/t8-,9-,10-,12-/m0/s1. The molecule has 0 fully saturated rings. The van der Waals surface area contributed by atoms with E-state index in [2.05, 4.69) is 10.6 Å². The number of primary amides is 1. The molecular weight excluding hydrogens is 348 g/mol. The fraction of sp³-hybridized carbons (Fsp3) is 0.733. The lowest BCUT2D eigenvalue weighted by atomic mass is 9.98. The maximum Gasteiger partial charge on any atom is 0.326 e. The first kappa shape index (κ1) is 23.2. The van der Waals surface area contributed by atoms with Gasteiger partial charge < -0.3 is 27.2 Å². The third-order valence-electron chi connectivity index (χ3n) is 3.78. The Bertz CT molecular complexity index is 489. The number of carbonyl (C=O) groups is 4. The molecular formula is C15H28N4O5S. The summed E-state index contributed by atoms with van der Waals surface area (Å²) in [5, 5.41) is 14.0. The average Bonchev–Trinajstić information content (AvgIpc) is 2.54. The van der Waals surface area contributed by atoms with Crippen LogP contribution in [0.2, 0.25) is 0 Å². The Morgan fingerprint density at radius 3 is 2.20 bits per heavy atom. The molecule has 25 heavy (non-hydrogen) atoms. The molecule has 0 aromatic heterocycles. The number of hydrogen-bond acceptors (Lipinski definition) is 6. The van der Waals surface area contributed by atoms with Crippen LogP contribution in [-0.2, 0) is 19.2 Å². The molecule has 0 rings (SSSR count). The summed E-state index contributed by atoms with van der Waals surface area (Å²) >= 11 is 1.52. The molecule has 0 aliphatic heterocycles. The van der Waals surface area contributed by atoms with E-state index in [1.54, 1.807) is 13.8 Å². The van der Waals surface area contributed by atoms with Crippen molar-refractivity contribution in [1.82, 2.24) is 10.6 Å². The molecule has 0 unspecified atom stereocenters. The van der Waals surface area contributed by atoms with Crippen LogP contribution in [0.1, 0.15) is 33.1 Å². The summed E-state index contributed by atoms with van der Waals surface area (Å²) < 4.78 is 0. The summed E-state index contributed by atoms with van der Waals surface area (Å²) in [6.07, 6.45) is 2.36. The fourth-order valence-electron chi connectivity index (χ4n) is 2.00. The van der Waals surface area contributed by atoms with Crippen molar-refractivity contribution in [3.63, 3.8) is 0 Å². The van der Waals surface area contributed by atoms with Crippen molar-refractivity contribution in [2.75, 3.05) is 12.0 Å². The molecule has 0 spiro atoms. The molecule has 0 aliphatic rings. The highest BCUT2D eigenvalue weighted by molar-refractivity contribution is 7.98. The second-order valence-electron chi connectivity index (χ2n) is 5.83. The van der Waals surface area contributed by atoms with E-state index in [4.69, 9.17) is 11.5 Å². The van der Waals surface area contributed by atoms with Crippen molar-refractivity contribution in [1.29, 1.82) is 0 Å². The lowest BCUT2D eigenvalue weighted by molar-refractivity contribution is -0.143. The Morgan fingerprint density at radius 2 is 1.76 bits per heavy atom. The number of nitrogens with one attached hydrogen (secondary N) is 2. The summed E-state index contributed by atoms with van der Waals surface area (Å²) in [5.41, 5.74) is 10.9. The Morgan fingerprint density at radius 1 is 1.16 bits per heavy atom. The van der Waals surface area contributed by atoms with E-state index >= 15 is 0 Å². The van der Waals surface area contributed by atoms with E-state index in [1.807, 2.05) is 6.26 Å². The van der Waals surface area contributed by atoms with Crippen LogP contribution in [0.15, 0.2) is 0 Å². The molecule has 0 aromatic rings. The maximum atomic E-state index is 12.3. The van der Waals surface area contributed by atoms with Crippen LogP contribution < -0.4 is 22.1 Å². The van der Waals surface area contributed by atoms with Gasteiger partial charge in [0.2, 0.25) is 17.7 Å². The zero-order valence-corrected chi connectivity index (χ0v) is 15.6. The molecule has 10 heteroatoms. The van der Waals surface area contributed by atoms with Gasteiger partial charge in [0, 0.05) is 0 Å². The number of carboxylic acids is 1. The van der Waals surface area contributed by atoms with Gasteiger partial charge in [0.15, 0.2) is 0 Å². The van der Waals surface area contributed by atoms with Gasteiger partial charge in [0.05, 0.1) is 12.5 Å². The summed E-state index contributed by atoms with van der Waals surface area (Å²) in [4.78, 5) is 46.9. The Kier molecular flexibility index (Phi) is 10.8. The fourth-order valence-corrected chi connectivity index (χ4v) is 2.49. The SMILES string of the molecule is CC[C@H](C)[C@H](NC(=O)[C@H](CC(N)=O)NC(=O)[C@@H](N)CCSC)C(=O)O. The Balaban J connectivity index is 5.05. The van der Waals surface area contributed by atoms with Crippen molar-refractivity contribution in [2.24, 2.45) is 17.4 Å². The number of rotatable bonds is 12. The molecule has 0 saturated carbocycles. The van der Waals surface area contributed by atoms with E-state index < -0.39 is 48.2 Å². The summed E-state index contributed by atoms with van der Waals surface area (Å²) in [6.45, 7) is 3.47. The van der Waals surface area contributed by atoms with Crippen LogP contribution in [-0.4, -0.2) is 58.9 Å². The molecule has 0 radical (unpaired) electrons. The highest BCUT2D eigenvalue weighted by Gasteiger charge is 2.31. The number of aliphatic carboxylic acids is 1. The van der Waals surface area contributed by atoms with Crippen molar-refractivity contribution in [2.45, 2.75) is 51.2 Å². The van der Waals surface area contributed by atoms with Crippen LogP contribution in [0.5, 0.6) is 0 Å². The largest absolute Gasteiger partial charge is 0.480 e. The number of amides is 3. The van der Waals surface area contributed by atoms with Crippen molar-refractivity contribution >= 4 is 35.5 Å². The van der Waals surface area contributed by atoms with Crippen LogP contribution >= 0.6 is 11.8 Å². The van der Waals surface area contributed by atoms with E-state index in [0.29, 0.717) is 18.6 Å². The molecule has 0 saturated heterocycles. The number of hydrogen-bond donors (Lipinski definition) is 5. The lowest BCUT2D eigenvalue weighted by Crippen LogP contribution is -2.56. The van der Waals surface area contributed by atoms with Gasteiger partial charge in [-0.1, -0.05) is 20.3 Å². The minimum absolute atomic E-state index is 0.324. The Hall–Kier alpha value is -1.81. The zero-order chi connectivity index (χ0) is 19.6. The first-order valence-corrected chi connectivity index (χ1v) is 9.39. The first-order valence-electron chi connectivity index (χ1n) is 8.00. The summed E-state index contributed by atoms with van der Waals surface area (Å²) in [5.74, 6) is -3.02. The average molecular weight is 376 g/mol. The van der Waals surface area contributed by atoms with Crippen LogP contribution in [0.25, 0.3) is 0 Å². The quantitative estimate of drug-likeness (QED) is 0.293. The van der Waals surface area contributed by atoms with Gasteiger partial charge in [-0.05, 0) is 24.3 Å². The van der Waals surface area contributed by atoms with E-state index in [1.165, 1.54) is 11.8 Å². The molecule has 4 atom stereocenters. The molecule has 7 N–H and O–H groups in total. The van der Waals surface area contributed by atoms with Crippen molar-refractivity contribution < 1.29 is 24.3 Å². The summed E-state index contributed by atoms with van der Waals surface area (Å²) in [7, 11) is 0. The highest BCUT2D eigenvalue weighted by atomic mass is 32.2. The number of carbonyl (C=O) groups excluding carboxylic acids is 3. The minimum atomic E-state index is -1.27. The molecule has 0 bridgehead atoms. The number of carboxylic acid groups (broad SMARTS) is 1. The van der Waals surface area contributed by atoms with Crippen LogP contribution in [0.4, 0.5) is 0 Å². The number of nitrogens with two attached hydrogens (primary N) is 2. The maximum absolute atomic E-state index is 12.3. The van der Waals surface area contributed by atoms with E-state index in [9.17, 15) is 24.3 Å². The van der Waals surface area contributed by atoms with Gasteiger partial charge in [-0.3, -0.25) is 14.4 Å². The smallest absolute Gasteiger partial charge is 0.326 e. The number of thioether (sulfide) groups is 1. The highest BCUT2D eigenvalue weighted by Crippen LogP contribution is 2.09. The van der Waals surface area contributed by atoms with Gasteiger partial charge in [-0.15, -0.1) is 0 Å². The zero-order valence-electron chi connectivity index (χ0n) is 14.8. The van der Waals surface area contributed by atoms with Crippen LogP contribution in [0, 0.1) is 5.92 Å². The molecule has 3 amide bonds. The third kappa shape index (κ3) is 8.73. The van der Waals surface area contributed by atoms with Gasteiger partial charge in [-0.2, -0.15) is 11.8 Å². The lowest BCUT2D eigenvalue weighted by Gasteiger charge is -2.24. The molecule has 0 aromatic carbocycles. The topological polar surface area (TPSA) is 165 Å². The van der Waals surface area contributed by atoms with Crippen molar-refractivity contribution in [3.05, 3.63) is 0 Å². The van der Waals surface area contributed by atoms with E-state index in [0.717, 1.165) is 0 Å². The molecule has 0 heterocycles. The van der Waals surface area contributed by atoms with E-state index in [-0.39, 0.29) is 5.92 Å². The summed E-state index contributed by atoms with van der Waals surface area (Å²) in [6, 6.07) is -3.23. The normalized spacial score (nSPS) is 15.5. The van der Waals surface area contributed by atoms with Gasteiger partial charge in [-0.25, -0.2) is 4.79 Å². The third-order valence-corrected chi connectivity index (χ3v) is 4.43. The second kappa shape index (κ2) is 11.7. The predicted molar refractivity (Wildman–Crippen MR) is 95.7 cm³/mol. The van der Waals surface area contributed by atoms with Gasteiger partial charge in [0.25, 0.3) is 0 Å². The van der Waals surface area contributed by atoms with Gasteiger partial charge >= 0.3 is 5.97 Å². The monoisotopic (exact) mass is 376 g/mol. The Labute approximate surface area is 151 Å².